The summed E-state index contributed by atoms with van der Waals surface area (Å²) in [6.07, 6.45) is 2.27. The topological polar surface area (TPSA) is 46.1 Å². The fourth-order valence-corrected chi connectivity index (χ4v) is 3.07. The monoisotopic (exact) mass is 489 g/mol. The fourth-order valence-electron chi connectivity index (χ4n) is 1.93. The second kappa shape index (κ2) is 15.2. The van der Waals surface area contributed by atoms with Gasteiger partial charge in [0, 0.05) is 32.1 Å². The molecule has 0 saturated carbocycles. The van der Waals surface area contributed by atoms with E-state index in [4.69, 9.17) is 21.1 Å². The Morgan fingerprint density at radius 1 is 1.25 bits per heavy atom. The summed E-state index contributed by atoms with van der Waals surface area (Å²) < 4.78 is 11.8. The van der Waals surface area contributed by atoms with E-state index in [1.165, 1.54) is 4.88 Å². The summed E-state index contributed by atoms with van der Waals surface area (Å²) in [5.41, 5.74) is 0. The van der Waals surface area contributed by atoms with E-state index in [0.717, 1.165) is 42.8 Å². The number of unbranched alkanes of at least 4 members (excludes halogenated alkanes) is 1. The van der Waals surface area contributed by atoms with Crippen molar-refractivity contribution in [1.82, 2.24) is 10.2 Å². The van der Waals surface area contributed by atoms with Crippen LogP contribution >= 0.6 is 46.9 Å². The maximum Gasteiger partial charge on any atom is 0.193 e. The van der Waals surface area contributed by atoms with Crippen LogP contribution in [0.3, 0.4) is 0 Å². The standard InChI is InChI=1S/C16H28ClN3O2S.HI/c1-4-5-9-21-11-12-22-10-8-19-16(18-2)20(3)13-14-6-7-15(17)23-14;/h6-7H,4-5,8-13H2,1-3H3,(H,18,19);1H. The number of thiophene rings is 1. The first-order valence-corrected chi connectivity index (χ1v) is 9.18. The molecule has 0 aliphatic heterocycles. The Morgan fingerprint density at radius 3 is 2.54 bits per heavy atom. The number of nitrogens with zero attached hydrogens (tertiary/aromatic N) is 2. The van der Waals surface area contributed by atoms with Crippen molar-refractivity contribution >= 4 is 52.9 Å². The first-order valence-electron chi connectivity index (χ1n) is 7.98. The molecule has 140 valence electrons. The van der Waals surface area contributed by atoms with Crippen LogP contribution in [-0.2, 0) is 16.0 Å². The summed E-state index contributed by atoms with van der Waals surface area (Å²) in [6, 6.07) is 3.96. The first kappa shape index (κ1) is 23.9. The SMILES string of the molecule is CCCCOCCOCCNC(=NC)N(C)Cc1ccc(Cl)s1.I. The Labute approximate surface area is 171 Å². The van der Waals surface area contributed by atoms with E-state index in [1.807, 2.05) is 19.2 Å². The zero-order valence-electron chi connectivity index (χ0n) is 14.7. The van der Waals surface area contributed by atoms with Gasteiger partial charge in [0.2, 0.25) is 0 Å². The van der Waals surface area contributed by atoms with E-state index in [9.17, 15) is 0 Å². The van der Waals surface area contributed by atoms with Gasteiger partial charge in [-0.05, 0) is 18.6 Å². The lowest BCUT2D eigenvalue weighted by Crippen LogP contribution is -2.39. The molecular weight excluding hydrogens is 461 g/mol. The van der Waals surface area contributed by atoms with Crippen LogP contribution in [0.2, 0.25) is 4.34 Å². The molecule has 0 radical (unpaired) electrons. The molecule has 0 aliphatic carbocycles. The van der Waals surface area contributed by atoms with E-state index in [0.29, 0.717) is 19.8 Å². The van der Waals surface area contributed by atoms with Gasteiger partial charge in [0.25, 0.3) is 0 Å². The van der Waals surface area contributed by atoms with Crippen molar-refractivity contribution in [3.63, 3.8) is 0 Å². The molecular formula is C16H29ClIN3O2S. The van der Waals surface area contributed by atoms with E-state index in [1.54, 1.807) is 18.4 Å². The van der Waals surface area contributed by atoms with E-state index in [-0.39, 0.29) is 24.0 Å². The quantitative estimate of drug-likeness (QED) is 0.222. The van der Waals surface area contributed by atoms with Gasteiger partial charge in [-0.3, -0.25) is 4.99 Å². The zero-order valence-corrected chi connectivity index (χ0v) is 18.6. The van der Waals surface area contributed by atoms with Gasteiger partial charge >= 0.3 is 0 Å². The Hall–Kier alpha value is -0.0900. The highest BCUT2D eigenvalue weighted by molar-refractivity contribution is 14.0. The maximum atomic E-state index is 5.96. The highest BCUT2D eigenvalue weighted by Crippen LogP contribution is 2.22. The molecule has 1 rings (SSSR count). The zero-order chi connectivity index (χ0) is 16.9. The number of halogens is 2. The highest BCUT2D eigenvalue weighted by atomic mass is 127. The van der Waals surface area contributed by atoms with Gasteiger partial charge < -0.3 is 19.7 Å². The predicted octanol–water partition coefficient (Wildman–Crippen LogP) is 3.86. The van der Waals surface area contributed by atoms with Gasteiger partial charge in [-0.2, -0.15) is 0 Å². The number of ether oxygens (including phenoxy) is 2. The third kappa shape index (κ3) is 10.7. The van der Waals surface area contributed by atoms with Gasteiger partial charge in [-0.15, -0.1) is 35.3 Å². The number of hydrogen-bond acceptors (Lipinski definition) is 4. The number of guanidine groups is 1. The predicted molar refractivity (Wildman–Crippen MR) is 114 cm³/mol. The normalized spacial score (nSPS) is 11.2. The Balaban J connectivity index is 0.00000529. The molecule has 1 aromatic rings. The summed E-state index contributed by atoms with van der Waals surface area (Å²) in [5.74, 6) is 0.845. The minimum atomic E-state index is 0. The minimum absolute atomic E-state index is 0. The van der Waals surface area contributed by atoms with E-state index in [2.05, 4.69) is 22.1 Å². The molecule has 0 fully saturated rings. The molecule has 1 heterocycles. The van der Waals surface area contributed by atoms with Crippen LogP contribution in [-0.4, -0.2) is 57.9 Å². The van der Waals surface area contributed by atoms with Crippen LogP contribution in [0.25, 0.3) is 0 Å². The lowest BCUT2D eigenvalue weighted by molar-refractivity contribution is 0.0486. The molecule has 1 N–H and O–H groups in total. The number of hydrogen-bond donors (Lipinski definition) is 1. The molecule has 0 aliphatic rings. The third-order valence-corrected chi connectivity index (χ3v) is 4.35. The van der Waals surface area contributed by atoms with Gasteiger partial charge in [0.15, 0.2) is 5.96 Å². The number of nitrogens with one attached hydrogen (secondary N) is 1. The fraction of sp³-hybridized carbons (Fsp3) is 0.688. The van der Waals surface area contributed by atoms with Crippen molar-refractivity contribution in [2.24, 2.45) is 4.99 Å². The Kier molecular flexibility index (Phi) is 15.1. The third-order valence-electron chi connectivity index (χ3n) is 3.14. The summed E-state index contributed by atoms with van der Waals surface area (Å²) in [7, 11) is 3.79. The number of rotatable bonds is 11. The Bertz CT molecular complexity index is 460. The van der Waals surface area contributed by atoms with Crippen molar-refractivity contribution in [1.29, 1.82) is 0 Å². The van der Waals surface area contributed by atoms with Gasteiger partial charge in [-0.1, -0.05) is 24.9 Å². The van der Waals surface area contributed by atoms with Crippen LogP contribution in [0.5, 0.6) is 0 Å². The summed E-state index contributed by atoms with van der Waals surface area (Å²) in [5, 5.41) is 3.29. The molecule has 0 amide bonds. The van der Waals surface area contributed by atoms with Crippen LogP contribution in [0.15, 0.2) is 17.1 Å². The molecule has 0 atom stereocenters. The Morgan fingerprint density at radius 2 is 1.96 bits per heavy atom. The summed E-state index contributed by atoms with van der Waals surface area (Å²) in [4.78, 5) is 7.56. The molecule has 0 saturated heterocycles. The van der Waals surface area contributed by atoms with E-state index >= 15 is 0 Å². The first-order chi connectivity index (χ1) is 11.2. The second-order valence-electron chi connectivity index (χ2n) is 5.11. The van der Waals surface area contributed by atoms with Gasteiger partial charge in [-0.25, -0.2) is 0 Å². The lowest BCUT2D eigenvalue weighted by atomic mass is 10.4. The molecule has 0 spiro atoms. The average molecular weight is 490 g/mol. The van der Waals surface area contributed by atoms with Crippen molar-refractivity contribution in [2.45, 2.75) is 26.3 Å². The van der Waals surface area contributed by atoms with Crippen molar-refractivity contribution in [2.75, 3.05) is 47.1 Å². The van der Waals surface area contributed by atoms with Gasteiger partial charge in [0.05, 0.1) is 30.7 Å². The van der Waals surface area contributed by atoms with Crippen LogP contribution in [0.1, 0.15) is 24.6 Å². The molecule has 8 heteroatoms. The minimum Gasteiger partial charge on any atom is -0.379 e. The van der Waals surface area contributed by atoms with Crippen molar-refractivity contribution < 1.29 is 9.47 Å². The molecule has 5 nitrogen and oxygen atoms in total. The maximum absolute atomic E-state index is 5.96. The van der Waals surface area contributed by atoms with Gasteiger partial charge in [0.1, 0.15) is 0 Å². The second-order valence-corrected chi connectivity index (χ2v) is 6.91. The lowest BCUT2D eigenvalue weighted by Gasteiger charge is -2.21. The van der Waals surface area contributed by atoms with Crippen LogP contribution < -0.4 is 5.32 Å². The molecule has 1 aromatic heterocycles. The summed E-state index contributed by atoms with van der Waals surface area (Å²) >= 11 is 7.55. The highest BCUT2D eigenvalue weighted by Gasteiger charge is 2.07. The largest absolute Gasteiger partial charge is 0.379 e. The van der Waals surface area contributed by atoms with Crippen LogP contribution in [0, 0.1) is 0 Å². The average Bonchev–Trinajstić information content (AvgIpc) is 2.94. The van der Waals surface area contributed by atoms with Crippen molar-refractivity contribution in [3.05, 3.63) is 21.3 Å². The molecule has 0 bridgehead atoms. The molecule has 0 aromatic carbocycles. The summed E-state index contributed by atoms with van der Waals surface area (Å²) in [6.45, 7) is 6.40. The van der Waals surface area contributed by atoms with Crippen LogP contribution in [0.4, 0.5) is 0 Å². The number of aliphatic imine (C=N–C) groups is 1. The smallest absolute Gasteiger partial charge is 0.193 e. The van der Waals surface area contributed by atoms with Crippen molar-refractivity contribution in [3.8, 4) is 0 Å². The van der Waals surface area contributed by atoms with E-state index < -0.39 is 0 Å². The molecule has 0 unspecified atom stereocenters. The molecule has 24 heavy (non-hydrogen) atoms.